The van der Waals surface area contributed by atoms with Gasteiger partial charge in [-0.25, -0.2) is 29.9 Å². The van der Waals surface area contributed by atoms with Crippen LogP contribution in [0.4, 0.5) is 26.3 Å². The Morgan fingerprint density at radius 1 is 0.186 bits per heavy atom. The van der Waals surface area contributed by atoms with Crippen LogP contribution in [0.15, 0.2) is 394 Å². The zero-order valence-electron chi connectivity index (χ0n) is 70.9. The van der Waals surface area contributed by atoms with Gasteiger partial charge in [0.2, 0.25) is 0 Å². The second-order valence-electron chi connectivity index (χ2n) is 32.6. The Morgan fingerprint density at radius 2 is 0.434 bits per heavy atom. The van der Waals surface area contributed by atoms with Gasteiger partial charge in [-0.1, -0.05) is 314 Å². The van der Waals surface area contributed by atoms with E-state index in [9.17, 15) is 26.3 Å². The molecule has 17 aromatic carbocycles. The number of halogens is 6. The third kappa shape index (κ3) is 16.0. The Morgan fingerprint density at radius 3 is 0.744 bits per heavy atom. The van der Waals surface area contributed by atoms with Crippen LogP contribution in [-0.2, 0) is 12.4 Å². The number of rotatable bonds is 15. The van der Waals surface area contributed by atoms with Gasteiger partial charge in [-0.15, -0.1) is 0 Å². The van der Waals surface area contributed by atoms with Crippen molar-refractivity contribution in [1.82, 2.24) is 39.0 Å². The number of aromatic nitrogens is 8. The number of benzene rings is 17. The van der Waals surface area contributed by atoms with Crippen molar-refractivity contribution in [2.24, 2.45) is 0 Å². The number of nitrogens with zero attached hydrogens (tertiary/aromatic N) is 8. The van der Waals surface area contributed by atoms with E-state index in [4.69, 9.17) is 29.9 Å². The number of alkyl halides is 6. The average molecular weight is 1690 g/mol. The minimum atomic E-state index is -4.58. The minimum Gasteiger partial charge on any atom is -0.308 e. The van der Waals surface area contributed by atoms with Crippen LogP contribution < -0.4 is 0 Å². The van der Waals surface area contributed by atoms with Crippen molar-refractivity contribution >= 4 is 43.6 Å². The Bertz CT molecular complexity index is 7680. The molecular formula is C115H80F6N8. The molecule has 0 spiro atoms. The lowest BCUT2D eigenvalue weighted by Crippen LogP contribution is -2.06. The number of hydrogen-bond donors (Lipinski definition) is 0. The maximum absolute atomic E-state index is 14.8. The number of aryl methyl sites for hydroxylation is 5. The molecule has 0 saturated carbocycles. The molecule has 4 heterocycles. The fourth-order valence-electron chi connectivity index (χ4n) is 17.8. The Balaban J connectivity index is 0.000000163. The van der Waals surface area contributed by atoms with Gasteiger partial charge in [0.15, 0.2) is 34.9 Å². The quantitative estimate of drug-likeness (QED) is 0.0951. The zero-order chi connectivity index (χ0) is 88.2. The maximum Gasteiger partial charge on any atom is 0.416 e. The van der Waals surface area contributed by atoms with E-state index in [1.807, 2.05) is 214 Å². The highest BCUT2D eigenvalue weighted by Gasteiger charge is 2.34. The molecule has 0 N–H and O–H groups in total. The molecule has 21 rings (SSSR count). The summed E-state index contributed by atoms with van der Waals surface area (Å²) in [5.41, 5.74) is 25.7. The van der Waals surface area contributed by atoms with Crippen molar-refractivity contribution in [3.8, 4) is 158 Å². The van der Waals surface area contributed by atoms with Crippen molar-refractivity contribution in [3.63, 3.8) is 0 Å². The molecule has 0 fully saturated rings. The first kappa shape index (κ1) is 81.3. The molecule has 4 aromatic heterocycles. The van der Waals surface area contributed by atoms with Gasteiger partial charge in [0.1, 0.15) is 0 Å². The van der Waals surface area contributed by atoms with Crippen molar-refractivity contribution < 1.29 is 26.3 Å². The van der Waals surface area contributed by atoms with E-state index in [0.717, 1.165) is 167 Å². The van der Waals surface area contributed by atoms with Crippen molar-refractivity contribution in [2.75, 3.05) is 0 Å². The van der Waals surface area contributed by atoms with Gasteiger partial charge in [0.25, 0.3) is 0 Å². The van der Waals surface area contributed by atoms with Gasteiger partial charge < -0.3 is 9.13 Å². The van der Waals surface area contributed by atoms with Crippen LogP contribution >= 0.6 is 0 Å². The highest BCUT2D eigenvalue weighted by Crippen LogP contribution is 2.50. The van der Waals surface area contributed by atoms with Crippen LogP contribution in [0.3, 0.4) is 0 Å². The lowest BCUT2D eigenvalue weighted by Gasteiger charge is -2.22. The van der Waals surface area contributed by atoms with E-state index < -0.39 is 23.5 Å². The predicted octanol–water partition coefficient (Wildman–Crippen LogP) is 31.2. The number of fused-ring (bicyclic) bond motifs is 6. The normalized spacial score (nSPS) is 11.7. The first-order valence-electron chi connectivity index (χ1n) is 42.7. The highest BCUT2D eigenvalue weighted by atomic mass is 19.4. The fraction of sp³-hybridized carbons (Fsp3) is 0.0609. The molecular weight excluding hydrogens is 1610 g/mol. The molecule has 0 bridgehead atoms. The lowest BCUT2D eigenvalue weighted by molar-refractivity contribution is -0.138. The Kier molecular flexibility index (Phi) is 21.3. The summed E-state index contributed by atoms with van der Waals surface area (Å²) < 4.78 is 92.6. The van der Waals surface area contributed by atoms with Crippen LogP contribution in [0.1, 0.15) is 38.9 Å². The molecule has 0 saturated heterocycles. The largest absolute Gasteiger partial charge is 0.416 e. The van der Waals surface area contributed by atoms with E-state index in [1.165, 1.54) is 29.8 Å². The van der Waals surface area contributed by atoms with E-state index in [1.54, 1.807) is 12.1 Å². The number of para-hydroxylation sites is 1. The third-order valence-corrected chi connectivity index (χ3v) is 24.0. The van der Waals surface area contributed by atoms with Gasteiger partial charge in [0.05, 0.1) is 44.6 Å². The summed E-state index contributed by atoms with van der Waals surface area (Å²) in [7, 11) is 0. The van der Waals surface area contributed by atoms with Gasteiger partial charge >= 0.3 is 12.4 Å². The van der Waals surface area contributed by atoms with Gasteiger partial charge in [-0.2, -0.15) is 26.3 Å². The lowest BCUT2D eigenvalue weighted by atomic mass is 9.91. The SMILES string of the molecule is Cc1cccc(-c2cc(-c3nc(-c4ccccc4)nc(-c4ccccc4)n3)cc(-c3cccc(C(F)(F)F)c3)c2-n2c3ccc(-c4ccccc4C)cc3c3cc(-c4ccccc4C)ccc32)c1.Cc1cccc(-c2cc(-c3nc(-c4ccccc4)nc(-c4ccccc4)n3)cc(-c3cccc(C(F)(F)F)c3)c2-n2c3ccccc3c3cc(-c4ccccc4C)ccc32)c1. The molecule has 14 heteroatoms. The Hall–Kier alpha value is -16.1. The molecule has 622 valence electrons. The number of hydrogen-bond acceptors (Lipinski definition) is 6. The first-order valence-corrected chi connectivity index (χ1v) is 42.7. The summed E-state index contributed by atoms with van der Waals surface area (Å²) in [5, 5.41) is 4.09. The molecule has 0 aliphatic rings. The summed E-state index contributed by atoms with van der Waals surface area (Å²) in [6.45, 7) is 10.4. The molecule has 8 nitrogen and oxygen atoms in total. The molecule has 0 amide bonds. The van der Waals surface area contributed by atoms with Crippen LogP contribution in [0.25, 0.3) is 201 Å². The average Bonchev–Trinajstić information content (AvgIpc) is 1.58. The van der Waals surface area contributed by atoms with Crippen molar-refractivity contribution in [1.29, 1.82) is 0 Å². The monoisotopic (exact) mass is 1690 g/mol. The Labute approximate surface area is 742 Å². The molecule has 0 aliphatic heterocycles. The van der Waals surface area contributed by atoms with Crippen LogP contribution in [0, 0.1) is 34.6 Å². The molecule has 129 heavy (non-hydrogen) atoms. The first-order chi connectivity index (χ1) is 62.8. The van der Waals surface area contributed by atoms with E-state index in [2.05, 4.69) is 175 Å². The van der Waals surface area contributed by atoms with E-state index in [0.29, 0.717) is 68.3 Å². The fourth-order valence-corrected chi connectivity index (χ4v) is 17.8. The maximum atomic E-state index is 14.8. The molecule has 0 radical (unpaired) electrons. The van der Waals surface area contributed by atoms with Crippen molar-refractivity contribution in [3.05, 3.63) is 433 Å². The summed E-state index contributed by atoms with van der Waals surface area (Å²) in [6.07, 6.45) is -9.14. The molecule has 0 unspecified atom stereocenters. The summed E-state index contributed by atoms with van der Waals surface area (Å²) in [4.78, 5) is 30.3. The zero-order valence-corrected chi connectivity index (χ0v) is 70.9. The van der Waals surface area contributed by atoms with Crippen LogP contribution in [0.2, 0.25) is 0 Å². The standard InChI is InChI=1S/C61H43F3N4.C54H37F3N4/c1-38-16-14-23-43(32-38)51-36-47(60-66-58(41-19-6-4-7-20-41)65-59(67-60)42-21-8-5-9-22-42)37-52(44-24-15-25-48(33-44)61(62,63)64)57(51)68-55-30-28-45(49-26-12-10-17-39(49)2)34-53(55)54-35-46(29-31-56(54)68)50-27-13-11-18-40(50)3;1-34-15-13-21-38(29-34)45-32-41(53-59-51(36-17-5-3-6-18-36)58-52(60-53)37-19-7-4-8-20-37)33-46(39-22-14-23-42(30-39)54(55,56)57)50(45)61-48-26-12-11-25-44(48)47-31-40(27-28-49(47)61)43-24-10-9-16-35(43)2/h4-37H,1-3H3;3-33H,1-2H3. The highest BCUT2D eigenvalue weighted by molar-refractivity contribution is 6.14. The molecule has 0 atom stereocenters. The second kappa shape index (κ2) is 33.8. The summed E-state index contributed by atoms with van der Waals surface area (Å²) >= 11 is 0. The summed E-state index contributed by atoms with van der Waals surface area (Å²) in [5.74, 6) is 2.71. The summed E-state index contributed by atoms with van der Waals surface area (Å²) in [6, 6.07) is 128. The van der Waals surface area contributed by atoms with Crippen LogP contribution in [0.5, 0.6) is 0 Å². The minimum absolute atomic E-state index is 0.388. The third-order valence-electron chi connectivity index (χ3n) is 24.0. The van der Waals surface area contributed by atoms with Gasteiger partial charge in [-0.3, -0.25) is 0 Å². The topological polar surface area (TPSA) is 87.2 Å². The van der Waals surface area contributed by atoms with E-state index >= 15 is 0 Å². The molecule has 0 aliphatic carbocycles. The van der Waals surface area contributed by atoms with Gasteiger partial charge in [0, 0.05) is 77.2 Å². The van der Waals surface area contributed by atoms with E-state index in [-0.39, 0.29) is 0 Å². The van der Waals surface area contributed by atoms with Crippen LogP contribution in [-0.4, -0.2) is 39.0 Å². The molecule has 21 aromatic rings. The van der Waals surface area contributed by atoms with Crippen molar-refractivity contribution in [2.45, 2.75) is 47.0 Å². The predicted molar refractivity (Wildman–Crippen MR) is 513 cm³/mol. The smallest absolute Gasteiger partial charge is 0.308 e. The van der Waals surface area contributed by atoms with Gasteiger partial charge in [-0.05, 0) is 198 Å². The second-order valence-corrected chi connectivity index (χ2v) is 32.6.